The largest absolute Gasteiger partial charge is 0.465 e. The Balaban J connectivity index is 3.32. The van der Waals surface area contributed by atoms with Crippen molar-refractivity contribution in [2.75, 3.05) is 7.11 Å². The van der Waals surface area contributed by atoms with Crippen molar-refractivity contribution in [2.24, 2.45) is 0 Å². The average molecular weight is 342 g/mol. The van der Waals surface area contributed by atoms with Crippen LogP contribution in [0.5, 0.6) is 0 Å². The van der Waals surface area contributed by atoms with E-state index in [-0.39, 0.29) is 5.97 Å². The van der Waals surface area contributed by atoms with Gasteiger partial charge in [-0.1, -0.05) is 43.5 Å². The Bertz CT molecular complexity index is 366. The predicted octanol–water partition coefficient (Wildman–Crippen LogP) is 3.78. The Morgan fingerprint density at radius 1 is 1.57 bits per heavy atom. The highest BCUT2D eigenvalue weighted by atomic mass is 79.9. The maximum atomic E-state index is 11.4. The molecule has 0 saturated carbocycles. The average Bonchev–Trinajstić information content (AvgIpc) is 2.15. The number of carbonyl (C=O) groups excluding carboxylic acids is 1. The summed E-state index contributed by atoms with van der Waals surface area (Å²) in [6, 6.07) is 3.43. The third-order valence-electron chi connectivity index (χ3n) is 1.70. The van der Waals surface area contributed by atoms with E-state index in [0.29, 0.717) is 15.9 Å². The number of methoxy groups -OCH3 is 1. The molecule has 14 heavy (non-hydrogen) atoms. The van der Waals surface area contributed by atoms with Crippen LogP contribution in [-0.2, 0) is 10.1 Å². The van der Waals surface area contributed by atoms with Crippen LogP contribution < -0.4 is 0 Å². The van der Waals surface area contributed by atoms with Crippen LogP contribution in [0.15, 0.2) is 16.6 Å². The Labute approximate surface area is 104 Å². The number of benzene rings is 1. The molecule has 0 spiro atoms. The minimum absolute atomic E-state index is 0.386. The molecule has 0 radical (unpaired) electrons. The first kappa shape index (κ1) is 12.0. The van der Waals surface area contributed by atoms with E-state index in [4.69, 9.17) is 11.6 Å². The molecule has 76 valence electrons. The molecule has 0 aromatic heterocycles. The summed E-state index contributed by atoms with van der Waals surface area (Å²) >= 11 is 12.5. The molecule has 1 aromatic rings. The Kier molecular flexibility index (Phi) is 4.41. The van der Waals surface area contributed by atoms with Gasteiger partial charge in [-0.05, 0) is 17.7 Å². The van der Waals surface area contributed by atoms with Crippen LogP contribution in [-0.4, -0.2) is 13.1 Å². The summed E-state index contributed by atoms with van der Waals surface area (Å²) in [6.45, 7) is 0. The SMILES string of the molecule is COC(=O)c1cc(Br)cc(Cl)c1CBr. The van der Waals surface area contributed by atoms with E-state index in [2.05, 4.69) is 36.6 Å². The lowest BCUT2D eigenvalue weighted by Crippen LogP contribution is -2.05. The highest BCUT2D eigenvalue weighted by Gasteiger charge is 2.14. The van der Waals surface area contributed by atoms with Crippen molar-refractivity contribution < 1.29 is 9.53 Å². The van der Waals surface area contributed by atoms with Gasteiger partial charge in [0, 0.05) is 14.8 Å². The number of hydrogen-bond acceptors (Lipinski definition) is 2. The van der Waals surface area contributed by atoms with Crippen molar-refractivity contribution in [3.8, 4) is 0 Å². The fourth-order valence-electron chi connectivity index (χ4n) is 1.03. The Morgan fingerprint density at radius 2 is 2.21 bits per heavy atom. The first-order valence-electron chi connectivity index (χ1n) is 3.72. The highest BCUT2D eigenvalue weighted by molar-refractivity contribution is 9.10. The molecule has 0 fully saturated rings. The topological polar surface area (TPSA) is 26.3 Å². The van der Waals surface area contributed by atoms with E-state index >= 15 is 0 Å². The number of halogens is 3. The predicted molar refractivity (Wildman–Crippen MR) is 63.1 cm³/mol. The number of carbonyl (C=O) groups is 1. The van der Waals surface area contributed by atoms with E-state index in [9.17, 15) is 4.79 Å². The van der Waals surface area contributed by atoms with Crippen molar-refractivity contribution in [3.05, 3.63) is 32.8 Å². The maximum absolute atomic E-state index is 11.4. The maximum Gasteiger partial charge on any atom is 0.338 e. The first-order valence-corrected chi connectivity index (χ1v) is 6.01. The standard InChI is InChI=1S/C9H7Br2ClO2/c1-14-9(13)6-2-5(11)3-8(12)7(6)4-10/h2-3H,4H2,1H3. The van der Waals surface area contributed by atoms with E-state index in [1.807, 2.05) is 0 Å². The molecule has 0 amide bonds. The van der Waals surface area contributed by atoms with E-state index in [1.54, 1.807) is 12.1 Å². The Morgan fingerprint density at radius 3 is 2.71 bits per heavy atom. The molecule has 0 heterocycles. The molecule has 0 aliphatic carbocycles. The van der Waals surface area contributed by atoms with E-state index in [0.717, 1.165) is 10.0 Å². The summed E-state index contributed by atoms with van der Waals surface area (Å²) in [5, 5.41) is 1.06. The second-order valence-corrected chi connectivity index (χ2v) is 4.42. The molecular formula is C9H7Br2ClO2. The minimum Gasteiger partial charge on any atom is -0.465 e. The summed E-state index contributed by atoms with van der Waals surface area (Å²) in [5.74, 6) is -0.386. The van der Waals surface area contributed by atoms with Gasteiger partial charge < -0.3 is 4.74 Å². The van der Waals surface area contributed by atoms with Gasteiger partial charge in [-0.2, -0.15) is 0 Å². The van der Waals surface area contributed by atoms with Gasteiger partial charge in [0.1, 0.15) is 0 Å². The molecule has 0 N–H and O–H groups in total. The summed E-state index contributed by atoms with van der Waals surface area (Å²) in [4.78, 5) is 11.4. The van der Waals surface area contributed by atoms with Crippen LogP contribution in [0.4, 0.5) is 0 Å². The number of esters is 1. The highest BCUT2D eigenvalue weighted by Crippen LogP contribution is 2.27. The van der Waals surface area contributed by atoms with Gasteiger partial charge in [0.05, 0.1) is 12.7 Å². The summed E-state index contributed by atoms with van der Waals surface area (Å²) in [7, 11) is 1.34. The molecule has 0 unspecified atom stereocenters. The van der Waals surface area contributed by atoms with Gasteiger partial charge in [0.25, 0.3) is 0 Å². The van der Waals surface area contributed by atoms with Gasteiger partial charge in [-0.25, -0.2) is 4.79 Å². The zero-order valence-electron chi connectivity index (χ0n) is 7.31. The van der Waals surface area contributed by atoms with Crippen molar-refractivity contribution in [3.63, 3.8) is 0 Å². The summed E-state index contributed by atoms with van der Waals surface area (Å²) < 4.78 is 5.41. The van der Waals surface area contributed by atoms with Crippen molar-refractivity contribution in [1.29, 1.82) is 0 Å². The van der Waals surface area contributed by atoms with Gasteiger partial charge >= 0.3 is 5.97 Å². The monoisotopic (exact) mass is 340 g/mol. The van der Waals surface area contributed by atoms with Gasteiger partial charge in [-0.15, -0.1) is 0 Å². The van der Waals surface area contributed by atoms with E-state index in [1.165, 1.54) is 7.11 Å². The molecule has 1 rings (SSSR count). The third kappa shape index (κ3) is 2.49. The lowest BCUT2D eigenvalue weighted by Gasteiger charge is -2.07. The molecule has 0 aliphatic heterocycles. The number of hydrogen-bond donors (Lipinski definition) is 0. The Hall–Kier alpha value is -0.0600. The molecule has 0 saturated heterocycles. The molecular weight excluding hydrogens is 335 g/mol. The van der Waals surface area contributed by atoms with Crippen LogP contribution in [0, 0.1) is 0 Å². The van der Waals surface area contributed by atoms with Gasteiger partial charge in [-0.3, -0.25) is 0 Å². The molecule has 2 nitrogen and oxygen atoms in total. The number of ether oxygens (including phenoxy) is 1. The van der Waals surface area contributed by atoms with Gasteiger partial charge in [0.15, 0.2) is 0 Å². The zero-order valence-corrected chi connectivity index (χ0v) is 11.2. The lowest BCUT2D eigenvalue weighted by molar-refractivity contribution is 0.0600. The van der Waals surface area contributed by atoms with Crippen molar-refractivity contribution in [2.45, 2.75) is 5.33 Å². The second-order valence-electron chi connectivity index (χ2n) is 2.54. The van der Waals surface area contributed by atoms with Crippen molar-refractivity contribution in [1.82, 2.24) is 0 Å². The van der Waals surface area contributed by atoms with Crippen LogP contribution in [0.1, 0.15) is 15.9 Å². The van der Waals surface area contributed by atoms with Crippen molar-refractivity contribution >= 4 is 49.4 Å². The molecule has 0 bridgehead atoms. The number of rotatable bonds is 2. The fourth-order valence-corrected chi connectivity index (χ4v) is 2.67. The fraction of sp³-hybridized carbons (Fsp3) is 0.222. The van der Waals surface area contributed by atoms with Crippen LogP contribution in [0.3, 0.4) is 0 Å². The van der Waals surface area contributed by atoms with E-state index < -0.39 is 0 Å². The quantitative estimate of drug-likeness (QED) is 0.604. The zero-order chi connectivity index (χ0) is 10.7. The van der Waals surface area contributed by atoms with Gasteiger partial charge in [0.2, 0.25) is 0 Å². The summed E-state index contributed by atoms with van der Waals surface area (Å²) in [5.41, 5.74) is 1.21. The second kappa shape index (κ2) is 5.14. The minimum atomic E-state index is -0.386. The van der Waals surface area contributed by atoms with Crippen LogP contribution in [0.2, 0.25) is 5.02 Å². The molecule has 5 heteroatoms. The molecule has 1 aromatic carbocycles. The number of alkyl halides is 1. The van der Waals surface area contributed by atoms with Crippen LogP contribution in [0.25, 0.3) is 0 Å². The third-order valence-corrected chi connectivity index (χ3v) is 3.05. The molecule has 0 atom stereocenters. The summed E-state index contributed by atoms with van der Waals surface area (Å²) in [6.07, 6.45) is 0. The van der Waals surface area contributed by atoms with Crippen LogP contribution >= 0.6 is 43.5 Å². The normalized spacial score (nSPS) is 10.0. The smallest absolute Gasteiger partial charge is 0.338 e. The first-order chi connectivity index (χ1) is 6.60. The lowest BCUT2D eigenvalue weighted by atomic mass is 10.1. The molecule has 0 aliphatic rings.